The molecular formula is C44H43NO3Si. The molecule has 49 heavy (non-hydrogen) atoms. The molecule has 0 N–H and O–H groups in total. The average Bonchev–Trinajstić information content (AvgIpc) is 3.13. The molecule has 6 rings (SSSR count). The van der Waals surface area contributed by atoms with Crippen LogP contribution in [0.5, 0.6) is 5.75 Å². The van der Waals surface area contributed by atoms with Crippen molar-refractivity contribution >= 4 is 25.4 Å². The average molecular weight is 662 g/mol. The molecular weight excluding hydrogens is 619 g/mol. The predicted octanol–water partition coefficient (Wildman–Crippen LogP) is 10.4. The molecule has 0 saturated carbocycles. The number of ether oxygens (including phenoxy) is 2. The quantitative estimate of drug-likeness (QED) is 0.0897. The van der Waals surface area contributed by atoms with E-state index in [9.17, 15) is 4.79 Å². The number of nitrogens with zero attached hydrogens (tertiary/aromatic N) is 1. The van der Waals surface area contributed by atoms with E-state index >= 15 is 0 Å². The van der Waals surface area contributed by atoms with E-state index in [1.165, 1.54) is 0 Å². The second-order valence-electron chi connectivity index (χ2n) is 13.3. The number of para-hydroxylation sites is 2. The summed E-state index contributed by atoms with van der Waals surface area (Å²) >= 11 is 0. The van der Waals surface area contributed by atoms with Gasteiger partial charge in [0.1, 0.15) is 25.5 Å². The van der Waals surface area contributed by atoms with Gasteiger partial charge in [0.2, 0.25) is 0 Å². The molecule has 5 heteroatoms. The van der Waals surface area contributed by atoms with Gasteiger partial charge in [-0.25, -0.2) is 4.79 Å². The summed E-state index contributed by atoms with van der Waals surface area (Å²) < 4.78 is 13.2. The third-order valence-electron chi connectivity index (χ3n) is 8.80. The van der Waals surface area contributed by atoms with Crippen molar-refractivity contribution in [2.45, 2.75) is 44.6 Å². The molecule has 0 spiro atoms. The van der Waals surface area contributed by atoms with Crippen molar-refractivity contribution in [2.75, 3.05) is 11.5 Å². The van der Waals surface area contributed by atoms with Crippen LogP contribution in [0.3, 0.4) is 0 Å². The van der Waals surface area contributed by atoms with Crippen molar-refractivity contribution < 1.29 is 14.3 Å². The Kier molecular flexibility index (Phi) is 10.3. The molecule has 1 aliphatic heterocycles. The van der Waals surface area contributed by atoms with Crippen LogP contribution in [0.2, 0.25) is 19.6 Å². The highest BCUT2D eigenvalue weighted by atomic mass is 28.3. The van der Waals surface area contributed by atoms with Gasteiger partial charge in [-0.15, -0.1) is 5.54 Å². The number of carbonyl (C=O) groups is 1. The first-order valence-electron chi connectivity index (χ1n) is 17.0. The zero-order chi connectivity index (χ0) is 34.3. The van der Waals surface area contributed by atoms with E-state index in [-0.39, 0.29) is 5.92 Å². The summed E-state index contributed by atoms with van der Waals surface area (Å²) in [7, 11) is -1.78. The molecule has 1 heterocycles. The maximum Gasteiger partial charge on any atom is 0.421 e. The van der Waals surface area contributed by atoms with E-state index in [1.807, 2.05) is 54.6 Å². The smallest absolute Gasteiger partial charge is 0.410 e. The van der Waals surface area contributed by atoms with Gasteiger partial charge >= 0.3 is 6.09 Å². The van der Waals surface area contributed by atoms with Crippen LogP contribution in [-0.4, -0.2) is 26.8 Å². The highest BCUT2D eigenvalue weighted by Gasteiger charge is 2.40. The zero-order valence-electron chi connectivity index (χ0n) is 28.7. The van der Waals surface area contributed by atoms with Crippen LogP contribution in [0, 0.1) is 17.4 Å². The van der Waals surface area contributed by atoms with Gasteiger partial charge in [-0.1, -0.05) is 160 Å². The molecule has 0 fully saturated rings. The molecule has 0 aliphatic carbocycles. The third-order valence-corrected chi connectivity index (χ3v) is 9.70. The van der Waals surface area contributed by atoms with Crippen molar-refractivity contribution in [3.63, 3.8) is 0 Å². The number of carbonyl (C=O) groups excluding carboxylic acids is 1. The van der Waals surface area contributed by atoms with E-state index < -0.39 is 25.8 Å². The van der Waals surface area contributed by atoms with Crippen LogP contribution in [0.25, 0.3) is 5.57 Å². The number of hydrogen-bond acceptors (Lipinski definition) is 3. The summed E-state index contributed by atoms with van der Waals surface area (Å²) in [5.74, 6) is 4.01. The highest BCUT2D eigenvalue weighted by molar-refractivity contribution is 6.83. The summed E-state index contributed by atoms with van der Waals surface area (Å²) in [6.07, 6.45) is 2.54. The molecule has 0 unspecified atom stereocenters. The zero-order valence-corrected chi connectivity index (χ0v) is 29.7. The maximum atomic E-state index is 13.9. The maximum absolute atomic E-state index is 13.9. The second kappa shape index (κ2) is 14.9. The SMILES string of the molecule is CC[C@H](COC(c1ccccc1)(c1ccccc1)c1ccccc1)C1=C[C@H](C#C[Si](C)(C)C)N(C(=O)Oc2ccccc2)c2ccccc21. The van der Waals surface area contributed by atoms with Gasteiger partial charge in [0.15, 0.2) is 0 Å². The summed E-state index contributed by atoms with van der Waals surface area (Å²) in [5, 5.41) is 0. The van der Waals surface area contributed by atoms with Gasteiger partial charge in [0.05, 0.1) is 12.3 Å². The van der Waals surface area contributed by atoms with E-state index in [1.54, 1.807) is 17.0 Å². The molecule has 0 radical (unpaired) electrons. The topological polar surface area (TPSA) is 38.8 Å². The summed E-state index contributed by atoms with van der Waals surface area (Å²) in [6, 6.07) is 48.2. The fourth-order valence-electron chi connectivity index (χ4n) is 6.44. The number of fused-ring (bicyclic) bond motifs is 1. The number of rotatable bonds is 9. The van der Waals surface area contributed by atoms with E-state index in [4.69, 9.17) is 9.47 Å². The minimum atomic E-state index is -1.78. The van der Waals surface area contributed by atoms with Gasteiger partial charge in [-0.05, 0) is 53.0 Å². The molecule has 0 bridgehead atoms. The standard InChI is InChI=1S/C44H43NO3Si/c1-5-34(33-47-44(35-20-10-6-11-21-35,36-22-12-7-13-23-36)37-24-14-8-15-25-37)41-32-38(30-31-49(2,3)4)45(42-29-19-18-28-40(41)42)43(46)48-39-26-16-9-17-27-39/h6-29,32,34,38H,5,33H2,1-4H3/t34-,38+/m1/s1. The van der Waals surface area contributed by atoms with E-state index in [2.05, 4.69) is 123 Å². The minimum absolute atomic E-state index is 0.0140. The number of amides is 1. The minimum Gasteiger partial charge on any atom is -0.410 e. The Morgan fingerprint density at radius 1 is 0.735 bits per heavy atom. The molecule has 246 valence electrons. The van der Waals surface area contributed by atoms with E-state index in [0.717, 1.165) is 39.9 Å². The van der Waals surface area contributed by atoms with Gasteiger partial charge < -0.3 is 9.47 Å². The highest BCUT2D eigenvalue weighted by Crippen LogP contribution is 2.44. The lowest BCUT2D eigenvalue weighted by molar-refractivity contribution is 0.000281. The fourth-order valence-corrected chi connectivity index (χ4v) is 7.02. The molecule has 0 aromatic heterocycles. The third kappa shape index (κ3) is 7.47. The predicted molar refractivity (Wildman–Crippen MR) is 203 cm³/mol. The van der Waals surface area contributed by atoms with Crippen molar-refractivity contribution in [2.24, 2.45) is 5.92 Å². The Hall–Kier alpha value is -5.15. The summed E-state index contributed by atoms with van der Waals surface area (Å²) in [4.78, 5) is 15.6. The van der Waals surface area contributed by atoms with Crippen molar-refractivity contribution in [1.82, 2.24) is 0 Å². The van der Waals surface area contributed by atoms with Crippen LogP contribution in [0.4, 0.5) is 10.5 Å². The lowest BCUT2D eigenvalue weighted by Gasteiger charge is -2.39. The normalized spacial score (nSPS) is 14.9. The van der Waals surface area contributed by atoms with Crippen molar-refractivity contribution in [3.8, 4) is 17.2 Å². The van der Waals surface area contributed by atoms with E-state index in [0.29, 0.717) is 12.4 Å². The number of anilines is 1. The van der Waals surface area contributed by atoms with Gasteiger partial charge in [-0.2, -0.15) is 0 Å². The van der Waals surface area contributed by atoms with Crippen LogP contribution in [0.1, 0.15) is 35.6 Å². The van der Waals surface area contributed by atoms with Crippen LogP contribution in [-0.2, 0) is 10.3 Å². The lowest BCUT2D eigenvalue weighted by Crippen LogP contribution is -2.44. The van der Waals surface area contributed by atoms with Crippen LogP contribution >= 0.6 is 0 Å². The van der Waals surface area contributed by atoms with Crippen molar-refractivity contribution in [3.05, 3.63) is 174 Å². The molecule has 5 aromatic carbocycles. The molecule has 1 aliphatic rings. The van der Waals surface area contributed by atoms with Crippen LogP contribution in [0.15, 0.2) is 152 Å². The Bertz CT molecular complexity index is 1840. The Balaban J connectivity index is 1.44. The Labute approximate surface area is 292 Å². The molecule has 5 aromatic rings. The summed E-state index contributed by atoms with van der Waals surface area (Å²) in [5.41, 5.74) is 8.78. The first-order chi connectivity index (χ1) is 23.8. The van der Waals surface area contributed by atoms with Crippen molar-refractivity contribution in [1.29, 1.82) is 0 Å². The van der Waals surface area contributed by atoms with Crippen LogP contribution < -0.4 is 9.64 Å². The molecule has 1 amide bonds. The first kappa shape index (κ1) is 33.7. The Morgan fingerprint density at radius 3 is 1.73 bits per heavy atom. The van der Waals surface area contributed by atoms with Gasteiger partial charge in [-0.3, -0.25) is 4.90 Å². The number of benzene rings is 5. The fraction of sp³-hybridized carbons (Fsp3) is 0.205. The van der Waals surface area contributed by atoms with Gasteiger partial charge in [0, 0.05) is 11.5 Å². The van der Waals surface area contributed by atoms with Gasteiger partial charge in [0.25, 0.3) is 0 Å². The summed E-state index contributed by atoms with van der Waals surface area (Å²) in [6.45, 7) is 9.29. The Morgan fingerprint density at radius 2 is 1.22 bits per heavy atom. The molecule has 4 nitrogen and oxygen atoms in total. The largest absolute Gasteiger partial charge is 0.421 e. The monoisotopic (exact) mass is 661 g/mol. The number of hydrogen-bond donors (Lipinski definition) is 0. The lowest BCUT2D eigenvalue weighted by atomic mass is 9.79. The second-order valence-corrected chi connectivity index (χ2v) is 18.1. The molecule has 2 atom stereocenters. The molecule has 0 saturated heterocycles. The first-order valence-corrected chi connectivity index (χ1v) is 20.5.